The molecule has 0 N–H and O–H groups in total. The third-order valence-corrected chi connectivity index (χ3v) is 3.46. The number of likely N-dealkylation sites (N-methyl/N-ethyl adjacent to an activating group) is 1. The van der Waals surface area contributed by atoms with E-state index in [4.69, 9.17) is 5.26 Å². The molecule has 2 nitrogen and oxygen atoms in total. The summed E-state index contributed by atoms with van der Waals surface area (Å²) in [6.45, 7) is 0.964. The first-order chi connectivity index (χ1) is 8.29. The van der Waals surface area contributed by atoms with Gasteiger partial charge in [-0.25, -0.2) is 0 Å². The van der Waals surface area contributed by atoms with E-state index in [0.29, 0.717) is 5.56 Å². The zero-order chi connectivity index (χ0) is 12.1. The highest BCUT2D eigenvalue weighted by molar-refractivity contribution is 7.07. The van der Waals surface area contributed by atoms with Gasteiger partial charge >= 0.3 is 0 Å². The maximum Gasteiger partial charge on any atom is 0.0992 e. The molecule has 0 spiro atoms. The molecule has 17 heavy (non-hydrogen) atoms. The van der Waals surface area contributed by atoms with Crippen molar-refractivity contribution in [1.29, 1.82) is 5.26 Å². The molecule has 0 radical (unpaired) electrons. The topological polar surface area (TPSA) is 27.0 Å². The Morgan fingerprint density at radius 1 is 1.35 bits per heavy atom. The van der Waals surface area contributed by atoms with E-state index in [1.165, 1.54) is 5.56 Å². The highest BCUT2D eigenvalue weighted by Crippen LogP contribution is 2.15. The van der Waals surface area contributed by atoms with Crippen LogP contribution in [0.5, 0.6) is 0 Å². The summed E-state index contributed by atoms with van der Waals surface area (Å²) in [7, 11) is 2.06. The summed E-state index contributed by atoms with van der Waals surface area (Å²) in [6, 6.07) is 12.0. The van der Waals surface area contributed by atoms with Crippen molar-refractivity contribution in [2.24, 2.45) is 0 Å². The zero-order valence-corrected chi connectivity index (χ0v) is 10.6. The first-order valence-corrected chi connectivity index (χ1v) is 6.46. The first kappa shape index (κ1) is 11.7. The Kier molecular flexibility index (Phi) is 3.79. The van der Waals surface area contributed by atoms with E-state index in [0.717, 1.165) is 18.7 Å². The molecule has 0 aliphatic heterocycles. The number of anilines is 1. The molecule has 0 fully saturated rings. The van der Waals surface area contributed by atoms with Crippen molar-refractivity contribution in [2.45, 2.75) is 6.42 Å². The lowest BCUT2D eigenvalue weighted by molar-refractivity contribution is 0.879. The van der Waals surface area contributed by atoms with E-state index in [-0.39, 0.29) is 0 Å². The Morgan fingerprint density at radius 2 is 2.24 bits per heavy atom. The lowest BCUT2D eigenvalue weighted by atomic mass is 10.2. The minimum Gasteiger partial charge on any atom is -0.374 e. The number of hydrogen-bond donors (Lipinski definition) is 0. The molecular formula is C14H14N2S. The highest BCUT2D eigenvalue weighted by atomic mass is 32.1. The van der Waals surface area contributed by atoms with Crippen LogP contribution in [0.4, 0.5) is 5.69 Å². The van der Waals surface area contributed by atoms with Gasteiger partial charge in [-0.05, 0) is 47.0 Å². The molecular weight excluding hydrogens is 228 g/mol. The molecule has 0 unspecified atom stereocenters. The van der Waals surface area contributed by atoms with E-state index in [1.807, 2.05) is 24.3 Å². The molecule has 0 saturated heterocycles. The normalized spacial score (nSPS) is 9.88. The van der Waals surface area contributed by atoms with Crippen LogP contribution in [0.1, 0.15) is 11.1 Å². The molecule has 1 aromatic heterocycles. The number of nitriles is 1. The standard InChI is InChI=1S/C14H14N2S/c1-16(7-5-12-6-8-17-11-12)14-4-2-3-13(9-14)10-15/h2-4,6,8-9,11H,5,7H2,1H3. The third kappa shape index (κ3) is 3.08. The predicted octanol–water partition coefficient (Wildman–Crippen LogP) is 3.30. The largest absolute Gasteiger partial charge is 0.374 e. The smallest absolute Gasteiger partial charge is 0.0992 e. The van der Waals surface area contributed by atoms with Crippen molar-refractivity contribution >= 4 is 17.0 Å². The summed E-state index contributed by atoms with van der Waals surface area (Å²) in [4.78, 5) is 2.18. The lowest BCUT2D eigenvalue weighted by Crippen LogP contribution is -2.20. The molecule has 1 heterocycles. The summed E-state index contributed by atoms with van der Waals surface area (Å²) >= 11 is 1.73. The van der Waals surface area contributed by atoms with Crippen LogP contribution in [-0.2, 0) is 6.42 Å². The summed E-state index contributed by atoms with van der Waals surface area (Å²) in [6.07, 6.45) is 1.04. The average Bonchev–Trinajstić information content (AvgIpc) is 2.89. The Balaban J connectivity index is 1.99. The highest BCUT2D eigenvalue weighted by Gasteiger charge is 2.02. The molecule has 86 valence electrons. The molecule has 2 aromatic rings. The molecule has 0 aliphatic carbocycles. The fourth-order valence-electron chi connectivity index (χ4n) is 1.67. The van der Waals surface area contributed by atoms with E-state index >= 15 is 0 Å². The molecule has 2 rings (SSSR count). The monoisotopic (exact) mass is 242 g/mol. The molecule has 0 amide bonds. The van der Waals surface area contributed by atoms with Gasteiger partial charge in [0, 0.05) is 19.3 Å². The number of rotatable bonds is 4. The van der Waals surface area contributed by atoms with Crippen LogP contribution in [0.25, 0.3) is 0 Å². The Hall–Kier alpha value is -1.79. The summed E-state index contributed by atoms with van der Waals surface area (Å²) in [5.41, 5.74) is 3.18. The summed E-state index contributed by atoms with van der Waals surface area (Å²) < 4.78 is 0. The van der Waals surface area contributed by atoms with Crippen molar-refractivity contribution in [3.05, 3.63) is 52.2 Å². The van der Waals surface area contributed by atoms with Crippen LogP contribution in [-0.4, -0.2) is 13.6 Å². The van der Waals surface area contributed by atoms with Crippen molar-refractivity contribution in [3.63, 3.8) is 0 Å². The molecule has 1 aromatic carbocycles. The second-order valence-electron chi connectivity index (χ2n) is 3.97. The molecule has 0 saturated carbocycles. The van der Waals surface area contributed by atoms with Crippen LogP contribution in [0.3, 0.4) is 0 Å². The minimum absolute atomic E-state index is 0.713. The maximum atomic E-state index is 8.86. The fourth-order valence-corrected chi connectivity index (χ4v) is 2.38. The number of thiophene rings is 1. The quantitative estimate of drug-likeness (QED) is 0.822. The van der Waals surface area contributed by atoms with Crippen LogP contribution in [0.2, 0.25) is 0 Å². The lowest BCUT2D eigenvalue weighted by Gasteiger charge is -2.19. The van der Waals surface area contributed by atoms with Crippen molar-refractivity contribution in [1.82, 2.24) is 0 Å². The van der Waals surface area contributed by atoms with Crippen LogP contribution >= 0.6 is 11.3 Å². The van der Waals surface area contributed by atoms with Gasteiger partial charge < -0.3 is 4.90 Å². The van der Waals surface area contributed by atoms with Crippen LogP contribution in [0.15, 0.2) is 41.1 Å². The zero-order valence-electron chi connectivity index (χ0n) is 9.76. The molecule has 0 aliphatic rings. The first-order valence-electron chi connectivity index (χ1n) is 5.52. The number of nitrogens with zero attached hydrogens (tertiary/aromatic N) is 2. The molecule has 0 bridgehead atoms. The van der Waals surface area contributed by atoms with Gasteiger partial charge in [0.05, 0.1) is 11.6 Å². The maximum absolute atomic E-state index is 8.86. The Bertz CT molecular complexity index is 511. The van der Waals surface area contributed by atoms with E-state index in [9.17, 15) is 0 Å². The summed E-state index contributed by atoms with van der Waals surface area (Å²) in [5, 5.41) is 13.1. The average molecular weight is 242 g/mol. The number of benzene rings is 1. The summed E-state index contributed by atoms with van der Waals surface area (Å²) in [5.74, 6) is 0. The third-order valence-electron chi connectivity index (χ3n) is 2.73. The van der Waals surface area contributed by atoms with Gasteiger partial charge in [0.25, 0.3) is 0 Å². The van der Waals surface area contributed by atoms with E-state index in [1.54, 1.807) is 11.3 Å². The van der Waals surface area contributed by atoms with Crippen LogP contribution in [0, 0.1) is 11.3 Å². The van der Waals surface area contributed by atoms with Gasteiger partial charge in [0.2, 0.25) is 0 Å². The van der Waals surface area contributed by atoms with Gasteiger partial charge in [0.1, 0.15) is 0 Å². The fraction of sp³-hybridized carbons (Fsp3) is 0.214. The van der Waals surface area contributed by atoms with Gasteiger partial charge in [-0.15, -0.1) is 0 Å². The van der Waals surface area contributed by atoms with E-state index < -0.39 is 0 Å². The predicted molar refractivity (Wildman–Crippen MR) is 72.5 cm³/mol. The van der Waals surface area contributed by atoms with Crippen molar-refractivity contribution < 1.29 is 0 Å². The van der Waals surface area contributed by atoms with Crippen LogP contribution < -0.4 is 4.90 Å². The minimum atomic E-state index is 0.713. The SMILES string of the molecule is CN(CCc1ccsc1)c1cccc(C#N)c1. The van der Waals surface area contributed by atoms with E-state index in [2.05, 4.69) is 34.8 Å². The Morgan fingerprint density at radius 3 is 2.94 bits per heavy atom. The molecule has 0 atom stereocenters. The van der Waals surface area contributed by atoms with Gasteiger partial charge in [-0.2, -0.15) is 16.6 Å². The van der Waals surface area contributed by atoms with Gasteiger partial charge in [-0.3, -0.25) is 0 Å². The second kappa shape index (κ2) is 5.51. The van der Waals surface area contributed by atoms with Gasteiger partial charge in [-0.1, -0.05) is 6.07 Å². The Labute approximate surface area is 106 Å². The second-order valence-corrected chi connectivity index (χ2v) is 4.75. The number of hydrogen-bond acceptors (Lipinski definition) is 3. The van der Waals surface area contributed by atoms with Crippen molar-refractivity contribution in [3.8, 4) is 6.07 Å². The van der Waals surface area contributed by atoms with Crippen molar-refractivity contribution in [2.75, 3.05) is 18.5 Å². The van der Waals surface area contributed by atoms with Gasteiger partial charge in [0.15, 0.2) is 0 Å². The molecule has 3 heteroatoms.